The molecule has 0 spiro atoms. The third-order valence-electron chi connectivity index (χ3n) is 4.38. The van der Waals surface area contributed by atoms with E-state index in [0.717, 1.165) is 23.1 Å². The van der Waals surface area contributed by atoms with Gasteiger partial charge in [0, 0.05) is 0 Å². The highest BCUT2D eigenvalue weighted by molar-refractivity contribution is 14.1. The highest BCUT2D eigenvalue weighted by atomic mass is 127. The minimum Gasteiger partial charge on any atom is -0.492 e. The molecule has 1 heterocycles. The van der Waals surface area contributed by atoms with Crippen molar-refractivity contribution < 1.29 is 32.2 Å². The molecular formula is C21H16F3IN2O4S. The summed E-state index contributed by atoms with van der Waals surface area (Å²) in [4.78, 5) is 26.4. The molecule has 2 aromatic rings. The third kappa shape index (κ3) is 4.88. The summed E-state index contributed by atoms with van der Waals surface area (Å²) < 4.78 is 50.9. The van der Waals surface area contributed by atoms with Gasteiger partial charge in [-0.3, -0.25) is 19.8 Å². The molecule has 0 radical (unpaired) electrons. The van der Waals surface area contributed by atoms with Gasteiger partial charge in [0.25, 0.3) is 11.8 Å². The van der Waals surface area contributed by atoms with Gasteiger partial charge in [-0.05, 0) is 83.7 Å². The molecule has 6 nitrogen and oxygen atoms in total. The van der Waals surface area contributed by atoms with Crippen LogP contribution in [0.1, 0.15) is 18.1 Å². The number of hydrogen-bond acceptors (Lipinski definition) is 5. The Morgan fingerprint density at radius 1 is 1.22 bits per heavy atom. The van der Waals surface area contributed by atoms with Gasteiger partial charge in [0.15, 0.2) is 16.6 Å². The van der Waals surface area contributed by atoms with E-state index in [1.807, 2.05) is 22.6 Å². The number of nitrogens with one attached hydrogen (secondary N) is 1. The van der Waals surface area contributed by atoms with Crippen LogP contribution in [-0.2, 0) is 15.8 Å². The van der Waals surface area contributed by atoms with Crippen LogP contribution < -0.4 is 19.7 Å². The molecule has 0 aromatic heterocycles. The molecular weight excluding hydrogens is 560 g/mol. The Morgan fingerprint density at radius 3 is 2.56 bits per heavy atom. The lowest BCUT2D eigenvalue weighted by Crippen LogP contribution is -2.54. The summed E-state index contributed by atoms with van der Waals surface area (Å²) in [7, 11) is 1.49. The van der Waals surface area contributed by atoms with Crippen molar-refractivity contribution in [1.29, 1.82) is 0 Å². The zero-order chi connectivity index (χ0) is 23.6. The molecule has 1 N–H and O–H groups in total. The van der Waals surface area contributed by atoms with E-state index in [0.29, 0.717) is 27.2 Å². The van der Waals surface area contributed by atoms with Gasteiger partial charge in [0.05, 0.1) is 28.5 Å². The second kappa shape index (κ2) is 9.45. The third-order valence-corrected chi connectivity index (χ3v) is 5.47. The van der Waals surface area contributed by atoms with E-state index in [2.05, 4.69) is 5.32 Å². The van der Waals surface area contributed by atoms with Crippen LogP contribution in [0.2, 0.25) is 0 Å². The van der Waals surface area contributed by atoms with Gasteiger partial charge in [-0.2, -0.15) is 13.2 Å². The van der Waals surface area contributed by atoms with Gasteiger partial charge in [-0.15, -0.1) is 0 Å². The van der Waals surface area contributed by atoms with Crippen molar-refractivity contribution in [3.05, 3.63) is 56.7 Å². The van der Waals surface area contributed by atoms with Crippen LogP contribution in [0.15, 0.2) is 42.0 Å². The number of benzene rings is 2. The first-order valence-electron chi connectivity index (χ1n) is 9.15. The Labute approximate surface area is 200 Å². The van der Waals surface area contributed by atoms with Crippen LogP contribution in [0.4, 0.5) is 18.9 Å². The molecule has 1 fully saturated rings. The topological polar surface area (TPSA) is 67.9 Å². The molecule has 11 heteroatoms. The Bertz CT molecular complexity index is 1130. The predicted molar refractivity (Wildman–Crippen MR) is 125 cm³/mol. The fourth-order valence-electron chi connectivity index (χ4n) is 3.01. The van der Waals surface area contributed by atoms with E-state index in [9.17, 15) is 22.8 Å². The maximum absolute atomic E-state index is 13.1. The first-order valence-corrected chi connectivity index (χ1v) is 10.6. The van der Waals surface area contributed by atoms with E-state index < -0.39 is 23.6 Å². The molecule has 168 valence electrons. The monoisotopic (exact) mass is 576 g/mol. The quantitative estimate of drug-likeness (QED) is 0.245. The molecule has 32 heavy (non-hydrogen) atoms. The number of halogens is 4. The highest BCUT2D eigenvalue weighted by Gasteiger charge is 2.36. The first-order chi connectivity index (χ1) is 15.1. The maximum Gasteiger partial charge on any atom is 0.416 e. The van der Waals surface area contributed by atoms with Gasteiger partial charge in [0.1, 0.15) is 5.57 Å². The Morgan fingerprint density at radius 2 is 1.94 bits per heavy atom. The number of thiocarbonyl (C=S) groups is 1. The van der Waals surface area contributed by atoms with Gasteiger partial charge in [-0.25, -0.2) is 0 Å². The lowest BCUT2D eigenvalue weighted by Gasteiger charge is -2.29. The van der Waals surface area contributed by atoms with Gasteiger partial charge >= 0.3 is 6.18 Å². The van der Waals surface area contributed by atoms with Crippen molar-refractivity contribution in [3.8, 4) is 11.5 Å². The Balaban J connectivity index is 2.05. The van der Waals surface area contributed by atoms with Crippen LogP contribution >= 0.6 is 34.8 Å². The van der Waals surface area contributed by atoms with Gasteiger partial charge in [0.2, 0.25) is 0 Å². The van der Waals surface area contributed by atoms with E-state index in [-0.39, 0.29) is 16.4 Å². The average molecular weight is 576 g/mol. The molecule has 0 unspecified atom stereocenters. The summed E-state index contributed by atoms with van der Waals surface area (Å²) in [6.45, 7) is 2.16. The normalized spacial score (nSPS) is 15.8. The molecule has 2 aromatic carbocycles. The number of amides is 2. The first kappa shape index (κ1) is 24.0. The number of carbonyl (C=O) groups is 2. The molecule has 1 aliphatic rings. The van der Waals surface area contributed by atoms with Crippen LogP contribution in [0.25, 0.3) is 6.08 Å². The largest absolute Gasteiger partial charge is 0.492 e. The van der Waals surface area contributed by atoms with Crippen molar-refractivity contribution in [1.82, 2.24) is 5.32 Å². The zero-order valence-electron chi connectivity index (χ0n) is 16.7. The molecule has 1 saturated heterocycles. The second-order valence-corrected chi connectivity index (χ2v) is 8.02. The van der Waals surface area contributed by atoms with E-state index in [1.54, 1.807) is 19.1 Å². The van der Waals surface area contributed by atoms with E-state index >= 15 is 0 Å². The summed E-state index contributed by atoms with van der Waals surface area (Å²) in [5.41, 5.74) is -0.882. The number of alkyl halides is 3. The number of methoxy groups -OCH3 is 1. The van der Waals surface area contributed by atoms with Crippen LogP contribution in [-0.4, -0.2) is 30.6 Å². The molecule has 0 bridgehead atoms. The maximum atomic E-state index is 13.1. The van der Waals surface area contributed by atoms with Crippen LogP contribution in [0.3, 0.4) is 0 Å². The van der Waals surface area contributed by atoms with Crippen molar-refractivity contribution in [2.75, 3.05) is 18.6 Å². The fourth-order valence-corrected chi connectivity index (χ4v) is 4.14. The van der Waals surface area contributed by atoms with Crippen molar-refractivity contribution in [2.24, 2.45) is 0 Å². The number of carbonyl (C=O) groups excluding carboxylic acids is 2. The average Bonchev–Trinajstić information content (AvgIpc) is 2.71. The Kier molecular flexibility index (Phi) is 7.08. The molecule has 0 saturated carbocycles. The van der Waals surface area contributed by atoms with Crippen LogP contribution in [0.5, 0.6) is 11.5 Å². The minimum atomic E-state index is -4.60. The lowest BCUT2D eigenvalue weighted by molar-refractivity contribution is -0.137. The zero-order valence-corrected chi connectivity index (χ0v) is 19.7. The molecule has 0 aliphatic carbocycles. The van der Waals surface area contributed by atoms with E-state index in [4.69, 9.17) is 21.7 Å². The van der Waals surface area contributed by atoms with Crippen molar-refractivity contribution >= 4 is 63.5 Å². The minimum absolute atomic E-state index is 0.111. The number of anilines is 1. The highest BCUT2D eigenvalue weighted by Crippen LogP contribution is 2.35. The predicted octanol–water partition coefficient (Wildman–Crippen LogP) is 4.55. The molecule has 0 atom stereocenters. The molecule has 3 rings (SSSR count). The summed E-state index contributed by atoms with van der Waals surface area (Å²) in [6, 6.07) is 7.41. The van der Waals surface area contributed by atoms with Gasteiger partial charge < -0.3 is 9.47 Å². The number of hydrogen-bond donors (Lipinski definition) is 1. The SMILES string of the molecule is CCOc1cc(/C=C2\C(=O)NC(=S)N(c3cccc(C(F)(F)F)c3)C2=O)cc(I)c1OC. The van der Waals surface area contributed by atoms with Crippen molar-refractivity contribution in [2.45, 2.75) is 13.1 Å². The number of ether oxygens (including phenoxy) is 2. The van der Waals surface area contributed by atoms with Crippen LogP contribution in [0, 0.1) is 3.57 Å². The summed E-state index contributed by atoms with van der Waals surface area (Å²) in [5.74, 6) is -0.683. The number of rotatable bonds is 5. The smallest absolute Gasteiger partial charge is 0.416 e. The second-order valence-electron chi connectivity index (χ2n) is 6.47. The molecule has 1 aliphatic heterocycles. The van der Waals surface area contributed by atoms with E-state index in [1.165, 1.54) is 19.3 Å². The lowest BCUT2D eigenvalue weighted by atomic mass is 10.1. The summed E-state index contributed by atoms with van der Waals surface area (Å²) >= 11 is 7.08. The fraction of sp³-hybridized carbons (Fsp3) is 0.190. The summed E-state index contributed by atoms with van der Waals surface area (Å²) in [6.07, 6.45) is -3.28. The summed E-state index contributed by atoms with van der Waals surface area (Å²) in [5, 5.41) is 2.04. The van der Waals surface area contributed by atoms with Gasteiger partial charge in [-0.1, -0.05) is 6.07 Å². The standard InChI is InChI=1S/C21H16F3IN2O4S/c1-3-31-16-9-11(8-15(25)17(16)30-2)7-14-18(28)26-20(32)27(19(14)29)13-6-4-5-12(10-13)21(22,23)24/h4-10H,3H2,1-2H3,(H,26,28,32)/b14-7+. The molecule has 2 amide bonds. The number of nitrogens with zero attached hydrogens (tertiary/aromatic N) is 1. The van der Waals surface area contributed by atoms with Crippen molar-refractivity contribution in [3.63, 3.8) is 0 Å². The Hall–Kier alpha value is -2.67.